The van der Waals surface area contributed by atoms with E-state index in [1.165, 1.54) is 24.1 Å². The fraction of sp³-hybridized carbons (Fsp3) is 0.476. The lowest BCUT2D eigenvalue weighted by molar-refractivity contribution is 0.122. The van der Waals surface area contributed by atoms with Gasteiger partial charge in [-0.3, -0.25) is 0 Å². The number of nitrogens with one attached hydrogen (secondary N) is 2. The highest BCUT2D eigenvalue weighted by Crippen LogP contribution is 2.21. The molecule has 2 fully saturated rings. The van der Waals surface area contributed by atoms with E-state index < -0.39 is 0 Å². The van der Waals surface area contributed by atoms with Gasteiger partial charge in [-0.1, -0.05) is 12.1 Å². The molecule has 2 aromatic rings. The molecule has 3 heterocycles. The molecule has 1 aromatic carbocycles. The second kappa shape index (κ2) is 9.90. The van der Waals surface area contributed by atoms with Gasteiger partial charge < -0.3 is 29.9 Å². The van der Waals surface area contributed by atoms with Gasteiger partial charge in [-0.2, -0.15) is 9.97 Å². The highest BCUT2D eigenvalue weighted by molar-refractivity contribution is 7.80. The number of aromatic nitrogens is 2. The Morgan fingerprint density at radius 1 is 1.07 bits per heavy atom. The van der Waals surface area contributed by atoms with Gasteiger partial charge in [-0.15, -0.1) is 0 Å². The summed E-state index contributed by atoms with van der Waals surface area (Å²) in [4.78, 5) is 13.5. The number of methoxy groups -OCH3 is 1. The van der Waals surface area contributed by atoms with Crippen LogP contribution in [0.2, 0.25) is 0 Å². The standard InChI is InChI=1S/C21H28N6O2S/c1-28-19-14-18(27-10-12-29-13-11-27)23-20(24-19)25-21(30)22-15-16-4-6-17(7-5-16)26-8-2-3-9-26/h4-7,14H,2-3,8-13,15H2,1H3,(H2,22,23,24,25,30). The zero-order chi connectivity index (χ0) is 20.8. The first-order valence-corrected chi connectivity index (χ1v) is 10.8. The van der Waals surface area contributed by atoms with E-state index >= 15 is 0 Å². The molecule has 1 aromatic heterocycles. The molecule has 0 spiro atoms. The molecule has 0 saturated carbocycles. The van der Waals surface area contributed by atoms with E-state index in [2.05, 4.69) is 54.7 Å². The highest BCUT2D eigenvalue weighted by Gasteiger charge is 2.16. The summed E-state index contributed by atoms with van der Waals surface area (Å²) >= 11 is 5.44. The summed E-state index contributed by atoms with van der Waals surface area (Å²) in [6.45, 7) is 5.88. The van der Waals surface area contributed by atoms with Gasteiger partial charge >= 0.3 is 0 Å². The van der Waals surface area contributed by atoms with Crippen molar-refractivity contribution >= 4 is 34.8 Å². The van der Waals surface area contributed by atoms with Crippen molar-refractivity contribution in [3.8, 4) is 5.88 Å². The molecule has 4 rings (SSSR count). The van der Waals surface area contributed by atoms with Crippen LogP contribution in [0.4, 0.5) is 17.5 Å². The second-order valence-corrected chi connectivity index (χ2v) is 7.77. The van der Waals surface area contributed by atoms with E-state index in [0.29, 0.717) is 36.7 Å². The number of anilines is 3. The zero-order valence-corrected chi connectivity index (χ0v) is 18.1. The Hall–Kier alpha value is -2.65. The average Bonchev–Trinajstić information content (AvgIpc) is 3.33. The van der Waals surface area contributed by atoms with Crippen LogP contribution < -0.4 is 25.2 Å². The van der Waals surface area contributed by atoms with Crippen molar-refractivity contribution in [2.75, 3.05) is 61.6 Å². The summed E-state index contributed by atoms with van der Waals surface area (Å²) in [5, 5.41) is 6.77. The lowest BCUT2D eigenvalue weighted by atomic mass is 10.2. The molecular weight excluding hydrogens is 400 g/mol. The van der Waals surface area contributed by atoms with Gasteiger partial charge in [-0.25, -0.2) is 0 Å². The van der Waals surface area contributed by atoms with Crippen molar-refractivity contribution in [2.24, 2.45) is 0 Å². The Morgan fingerprint density at radius 2 is 1.80 bits per heavy atom. The Labute approximate surface area is 182 Å². The number of thiocarbonyl (C=S) groups is 1. The van der Waals surface area contributed by atoms with E-state index in [1.54, 1.807) is 7.11 Å². The number of nitrogens with zero attached hydrogens (tertiary/aromatic N) is 4. The van der Waals surface area contributed by atoms with Crippen LogP contribution in [0.3, 0.4) is 0 Å². The molecule has 0 bridgehead atoms. The van der Waals surface area contributed by atoms with Crippen LogP contribution in [0.1, 0.15) is 18.4 Å². The molecule has 0 aliphatic carbocycles. The van der Waals surface area contributed by atoms with Crippen LogP contribution in [0.25, 0.3) is 0 Å². The Morgan fingerprint density at radius 3 is 2.50 bits per heavy atom. The fourth-order valence-electron chi connectivity index (χ4n) is 3.66. The summed E-state index contributed by atoms with van der Waals surface area (Å²) in [7, 11) is 1.59. The molecule has 0 radical (unpaired) electrons. The minimum Gasteiger partial charge on any atom is -0.481 e. The lowest BCUT2D eigenvalue weighted by Gasteiger charge is -2.28. The predicted molar refractivity (Wildman–Crippen MR) is 123 cm³/mol. The molecule has 30 heavy (non-hydrogen) atoms. The topological polar surface area (TPSA) is 74.8 Å². The summed E-state index contributed by atoms with van der Waals surface area (Å²) < 4.78 is 10.8. The van der Waals surface area contributed by atoms with Gasteiger partial charge in [0.05, 0.1) is 20.3 Å². The minimum absolute atomic E-state index is 0.415. The van der Waals surface area contributed by atoms with Gasteiger partial charge in [0.25, 0.3) is 0 Å². The third kappa shape index (κ3) is 5.28. The van der Waals surface area contributed by atoms with E-state index in [9.17, 15) is 0 Å². The van der Waals surface area contributed by atoms with Gasteiger partial charge in [0.2, 0.25) is 11.8 Å². The van der Waals surface area contributed by atoms with E-state index in [-0.39, 0.29) is 0 Å². The molecular formula is C21H28N6O2S. The van der Waals surface area contributed by atoms with Gasteiger partial charge in [0, 0.05) is 44.5 Å². The molecule has 9 heteroatoms. The molecule has 2 saturated heterocycles. The van der Waals surface area contributed by atoms with Crippen LogP contribution in [-0.2, 0) is 11.3 Å². The minimum atomic E-state index is 0.415. The van der Waals surface area contributed by atoms with Gasteiger partial charge in [0.15, 0.2) is 5.11 Å². The first-order chi connectivity index (χ1) is 14.7. The number of hydrogen-bond acceptors (Lipinski definition) is 7. The second-order valence-electron chi connectivity index (χ2n) is 7.36. The van der Waals surface area contributed by atoms with E-state index in [0.717, 1.165) is 32.0 Å². The van der Waals surface area contributed by atoms with E-state index in [4.69, 9.17) is 21.7 Å². The summed E-state index contributed by atoms with van der Waals surface area (Å²) in [6.07, 6.45) is 2.56. The van der Waals surface area contributed by atoms with Crippen LogP contribution in [0.15, 0.2) is 30.3 Å². The maximum atomic E-state index is 5.44. The maximum absolute atomic E-state index is 5.44. The third-order valence-electron chi connectivity index (χ3n) is 5.32. The van der Waals surface area contributed by atoms with Gasteiger partial charge in [-0.05, 0) is 42.8 Å². The van der Waals surface area contributed by atoms with Gasteiger partial charge in [0.1, 0.15) is 5.82 Å². The summed E-state index contributed by atoms with van der Waals surface area (Å²) in [6, 6.07) is 10.5. The molecule has 2 N–H and O–H groups in total. The van der Waals surface area contributed by atoms with Crippen molar-refractivity contribution < 1.29 is 9.47 Å². The largest absolute Gasteiger partial charge is 0.481 e. The van der Waals surface area contributed by atoms with E-state index in [1.807, 2.05) is 6.07 Å². The van der Waals surface area contributed by atoms with Crippen LogP contribution in [-0.4, -0.2) is 61.6 Å². The molecule has 160 valence electrons. The summed E-state index contributed by atoms with van der Waals surface area (Å²) in [5.41, 5.74) is 2.46. The maximum Gasteiger partial charge on any atom is 0.234 e. The van der Waals surface area contributed by atoms with Crippen molar-refractivity contribution in [3.63, 3.8) is 0 Å². The number of morpholine rings is 1. The number of rotatable bonds is 6. The first-order valence-electron chi connectivity index (χ1n) is 10.4. The van der Waals surface area contributed by atoms with Crippen molar-refractivity contribution in [1.29, 1.82) is 0 Å². The molecule has 0 amide bonds. The highest BCUT2D eigenvalue weighted by atomic mass is 32.1. The normalized spacial score (nSPS) is 16.4. The Balaban J connectivity index is 1.34. The number of ether oxygens (including phenoxy) is 2. The van der Waals surface area contributed by atoms with Crippen molar-refractivity contribution in [3.05, 3.63) is 35.9 Å². The molecule has 2 aliphatic rings. The predicted octanol–water partition coefficient (Wildman–Crippen LogP) is 2.41. The monoisotopic (exact) mass is 428 g/mol. The van der Waals surface area contributed by atoms with Crippen molar-refractivity contribution in [2.45, 2.75) is 19.4 Å². The average molecular weight is 429 g/mol. The smallest absolute Gasteiger partial charge is 0.234 e. The Bertz CT molecular complexity index is 851. The van der Waals surface area contributed by atoms with Crippen LogP contribution in [0.5, 0.6) is 5.88 Å². The SMILES string of the molecule is COc1cc(N2CCOCC2)nc(NC(=S)NCc2ccc(N3CCCC3)cc2)n1. The number of hydrogen-bond donors (Lipinski definition) is 2. The number of benzene rings is 1. The molecule has 8 nitrogen and oxygen atoms in total. The molecule has 0 unspecified atom stereocenters. The van der Waals surface area contributed by atoms with Crippen LogP contribution in [0, 0.1) is 0 Å². The molecule has 0 atom stereocenters. The third-order valence-corrected chi connectivity index (χ3v) is 5.57. The first kappa shape index (κ1) is 20.6. The quantitative estimate of drug-likeness (QED) is 0.675. The zero-order valence-electron chi connectivity index (χ0n) is 17.3. The summed E-state index contributed by atoms with van der Waals surface area (Å²) in [5.74, 6) is 1.71. The molecule has 2 aliphatic heterocycles. The van der Waals surface area contributed by atoms with Crippen molar-refractivity contribution in [1.82, 2.24) is 15.3 Å². The van der Waals surface area contributed by atoms with Crippen LogP contribution >= 0.6 is 12.2 Å². The lowest BCUT2D eigenvalue weighted by Crippen LogP contribution is -2.37. The Kier molecular flexibility index (Phi) is 6.81. The fourth-order valence-corrected chi connectivity index (χ4v) is 3.82.